The Morgan fingerprint density at radius 2 is 2.04 bits per heavy atom. The van der Waals surface area contributed by atoms with Crippen molar-refractivity contribution in [3.05, 3.63) is 34.4 Å². The van der Waals surface area contributed by atoms with Crippen LogP contribution in [0.4, 0.5) is 13.2 Å². The van der Waals surface area contributed by atoms with Gasteiger partial charge in [0.1, 0.15) is 0 Å². The van der Waals surface area contributed by atoms with E-state index in [0.717, 1.165) is 25.3 Å². The zero-order valence-electron chi connectivity index (χ0n) is 12.8. The number of rotatable bonds is 4. The minimum absolute atomic E-state index is 0.0199. The molecule has 1 aromatic rings. The van der Waals surface area contributed by atoms with Crippen molar-refractivity contribution in [2.75, 3.05) is 13.6 Å². The number of likely N-dealkylation sites (N-methyl/N-ethyl adjacent to an activating group) is 1. The zero-order chi connectivity index (χ0) is 16.8. The zero-order valence-corrected chi connectivity index (χ0v) is 12.8. The molecule has 7 heteroatoms. The minimum atomic E-state index is -4.49. The van der Waals surface area contributed by atoms with E-state index in [4.69, 9.17) is 0 Å². The van der Waals surface area contributed by atoms with Gasteiger partial charge in [-0.25, -0.2) is 0 Å². The van der Waals surface area contributed by atoms with Gasteiger partial charge < -0.3 is 10.4 Å². The largest absolute Gasteiger partial charge is 0.416 e. The highest BCUT2D eigenvalue weighted by atomic mass is 19.4. The Bertz CT molecular complexity index is 639. The molecule has 1 aliphatic heterocycles. The maximum Gasteiger partial charge on any atom is 0.416 e. The van der Waals surface area contributed by atoms with E-state index in [9.17, 15) is 23.1 Å². The number of alkyl halides is 3. The van der Waals surface area contributed by atoms with Gasteiger partial charge in [-0.05, 0) is 49.6 Å². The van der Waals surface area contributed by atoms with Crippen LogP contribution in [0.5, 0.6) is 0 Å². The normalized spacial score (nSPS) is 19.5. The lowest BCUT2D eigenvalue weighted by molar-refractivity contribution is -0.138. The minimum Gasteiger partial charge on any atom is -0.389 e. The van der Waals surface area contributed by atoms with Crippen LogP contribution in [0, 0.1) is 0 Å². The van der Waals surface area contributed by atoms with Crippen molar-refractivity contribution in [3.63, 3.8) is 0 Å². The molecule has 0 bridgehead atoms. The first-order valence-corrected chi connectivity index (χ1v) is 7.60. The van der Waals surface area contributed by atoms with Crippen molar-refractivity contribution in [2.24, 2.45) is 0 Å². The van der Waals surface area contributed by atoms with Gasteiger partial charge in [0.15, 0.2) is 0 Å². The molecule has 3 rings (SSSR count). The number of amides is 1. The van der Waals surface area contributed by atoms with Crippen LogP contribution in [0.3, 0.4) is 0 Å². The molecule has 1 aliphatic carbocycles. The molecule has 0 spiro atoms. The van der Waals surface area contributed by atoms with Gasteiger partial charge >= 0.3 is 6.18 Å². The molecule has 0 aromatic heterocycles. The average Bonchev–Trinajstić information content (AvgIpc) is 2.77. The fourth-order valence-electron chi connectivity index (χ4n) is 3.35. The Kier molecular flexibility index (Phi) is 3.88. The Morgan fingerprint density at radius 1 is 1.35 bits per heavy atom. The second kappa shape index (κ2) is 5.49. The lowest BCUT2D eigenvalue weighted by Crippen LogP contribution is -2.46. The maximum atomic E-state index is 13.2. The van der Waals surface area contributed by atoms with E-state index >= 15 is 0 Å². The van der Waals surface area contributed by atoms with E-state index in [1.807, 2.05) is 0 Å². The number of carbonyl (C=O) groups excluding carboxylic acids is 1. The molecule has 0 atom stereocenters. The number of benzene rings is 1. The fraction of sp³-hybridized carbons (Fsp3) is 0.562. The first-order chi connectivity index (χ1) is 10.7. The van der Waals surface area contributed by atoms with E-state index in [0.29, 0.717) is 12.1 Å². The SMILES string of the molecule is CN(Cc1cc2c(c(C(F)(F)F)c1)CNC2=O)CC1(O)CCC1. The molecule has 0 radical (unpaired) electrons. The number of hydrogen-bond acceptors (Lipinski definition) is 3. The molecule has 1 aromatic carbocycles. The molecule has 0 unspecified atom stereocenters. The molecule has 2 N–H and O–H groups in total. The molecule has 1 heterocycles. The first kappa shape index (κ1) is 16.3. The highest BCUT2D eigenvalue weighted by molar-refractivity contribution is 5.99. The summed E-state index contributed by atoms with van der Waals surface area (Å²) in [6.07, 6.45) is -2.08. The van der Waals surface area contributed by atoms with Gasteiger partial charge in [0, 0.05) is 25.2 Å². The Hall–Kier alpha value is -1.60. The number of hydrogen-bond donors (Lipinski definition) is 2. The summed E-state index contributed by atoms with van der Waals surface area (Å²) in [5, 5.41) is 12.6. The van der Waals surface area contributed by atoms with Crippen molar-refractivity contribution in [2.45, 2.75) is 44.1 Å². The number of nitrogens with one attached hydrogen (secondary N) is 1. The van der Waals surface area contributed by atoms with Crippen molar-refractivity contribution in [3.8, 4) is 0 Å². The molecule has 126 valence electrons. The Morgan fingerprint density at radius 3 is 2.61 bits per heavy atom. The summed E-state index contributed by atoms with van der Waals surface area (Å²) in [5.41, 5.74) is -0.926. The van der Waals surface area contributed by atoms with Gasteiger partial charge in [-0.3, -0.25) is 9.69 Å². The van der Waals surface area contributed by atoms with Gasteiger partial charge in [0.25, 0.3) is 5.91 Å². The quantitative estimate of drug-likeness (QED) is 0.892. The lowest BCUT2D eigenvalue weighted by atomic mass is 9.80. The van der Waals surface area contributed by atoms with Gasteiger partial charge in [-0.2, -0.15) is 13.2 Å². The summed E-state index contributed by atoms with van der Waals surface area (Å²) in [7, 11) is 1.76. The van der Waals surface area contributed by atoms with Crippen LogP contribution in [0.15, 0.2) is 12.1 Å². The van der Waals surface area contributed by atoms with Crippen molar-refractivity contribution >= 4 is 5.91 Å². The van der Waals surface area contributed by atoms with E-state index in [-0.39, 0.29) is 24.2 Å². The van der Waals surface area contributed by atoms with Crippen LogP contribution in [0.25, 0.3) is 0 Å². The molecule has 2 aliphatic rings. The summed E-state index contributed by atoms with van der Waals surface area (Å²) in [6, 6.07) is 2.63. The topological polar surface area (TPSA) is 52.6 Å². The molecule has 4 nitrogen and oxygen atoms in total. The summed E-state index contributed by atoms with van der Waals surface area (Å²) in [4.78, 5) is 13.5. The molecule has 0 saturated heterocycles. The number of carbonyl (C=O) groups is 1. The summed E-state index contributed by atoms with van der Waals surface area (Å²) < 4.78 is 39.7. The van der Waals surface area contributed by atoms with Crippen LogP contribution < -0.4 is 5.32 Å². The number of nitrogens with zero attached hydrogens (tertiary/aromatic N) is 1. The maximum absolute atomic E-state index is 13.2. The number of halogens is 3. The summed E-state index contributed by atoms with van der Waals surface area (Å²) >= 11 is 0. The van der Waals surface area contributed by atoms with Crippen LogP contribution in [0.1, 0.15) is 46.3 Å². The Balaban J connectivity index is 1.85. The predicted molar refractivity (Wildman–Crippen MR) is 77.7 cm³/mol. The third-order valence-electron chi connectivity index (χ3n) is 4.59. The lowest BCUT2D eigenvalue weighted by Gasteiger charge is -2.39. The Labute approximate surface area is 132 Å². The van der Waals surface area contributed by atoms with Crippen molar-refractivity contribution < 1.29 is 23.1 Å². The van der Waals surface area contributed by atoms with E-state index in [2.05, 4.69) is 5.32 Å². The van der Waals surface area contributed by atoms with E-state index in [1.54, 1.807) is 11.9 Å². The second-order valence-corrected chi connectivity index (χ2v) is 6.60. The molecular formula is C16H19F3N2O2. The fourth-order valence-corrected chi connectivity index (χ4v) is 3.35. The summed E-state index contributed by atoms with van der Waals surface area (Å²) in [6.45, 7) is 0.586. The third-order valence-corrected chi connectivity index (χ3v) is 4.59. The average molecular weight is 328 g/mol. The van der Waals surface area contributed by atoms with Gasteiger partial charge in [-0.1, -0.05) is 0 Å². The monoisotopic (exact) mass is 328 g/mol. The molecule has 1 amide bonds. The molecule has 23 heavy (non-hydrogen) atoms. The van der Waals surface area contributed by atoms with Crippen LogP contribution >= 0.6 is 0 Å². The van der Waals surface area contributed by atoms with E-state index < -0.39 is 23.2 Å². The van der Waals surface area contributed by atoms with Crippen LogP contribution in [-0.2, 0) is 19.3 Å². The van der Waals surface area contributed by atoms with E-state index in [1.165, 1.54) is 6.07 Å². The molecule has 1 saturated carbocycles. The number of fused-ring (bicyclic) bond motifs is 1. The molecule has 1 fully saturated rings. The second-order valence-electron chi connectivity index (χ2n) is 6.60. The smallest absolute Gasteiger partial charge is 0.389 e. The van der Waals surface area contributed by atoms with Gasteiger partial charge in [-0.15, -0.1) is 0 Å². The number of aliphatic hydroxyl groups is 1. The standard InChI is InChI=1S/C16H19F3N2O2/c1-21(9-15(23)3-2-4-15)8-10-5-11-12(7-20-14(11)22)13(6-10)16(17,18)19/h5-6,23H,2-4,7-9H2,1H3,(H,20,22). The van der Waals surface area contributed by atoms with Gasteiger partial charge in [0.05, 0.1) is 11.2 Å². The van der Waals surface area contributed by atoms with Crippen LogP contribution in [0.2, 0.25) is 0 Å². The molecular weight excluding hydrogens is 309 g/mol. The van der Waals surface area contributed by atoms with Gasteiger partial charge in [0.2, 0.25) is 0 Å². The van der Waals surface area contributed by atoms with Crippen molar-refractivity contribution in [1.82, 2.24) is 10.2 Å². The highest BCUT2D eigenvalue weighted by Crippen LogP contribution is 2.37. The highest BCUT2D eigenvalue weighted by Gasteiger charge is 2.38. The first-order valence-electron chi connectivity index (χ1n) is 7.60. The summed E-state index contributed by atoms with van der Waals surface area (Å²) in [5.74, 6) is -0.465. The predicted octanol–water partition coefficient (Wildman–Crippen LogP) is 2.30. The third kappa shape index (κ3) is 3.21. The van der Waals surface area contributed by atoms with Crippen molar-refractivity contribution in [1.29, 1.82) is 0 Å². The van der Waals surface area contributed by atoms with Crippen LogP contribution in [-0.4, -0.2) is 35.1 Å².